The van der Waals surface area contributed by atoms with E-state index < -0.39 is 45.3 Å². The zero-order valence-corrected chi connectivity index (χ0v) is 18.1. The van der Waals surface area contributed by atoms with Crippen molar-refractivity contribution >= 4 is 39.2 Å². The van der Waals surface area contributed by atoms with Crippen LogP contribution in [0.25, 0.3) is 0 Å². The van der Waals surface area contributed by atoms with Crippen molar-refractivity contribution in [1.29, 1.82) is 0 Å². The molecule has 1 saturated heterocycles. The van der Waals surface area contributed by atoms with E-state index in [1.165, 1.54) is 34.6 Å². The summed E-state index contributed by atoms with van der Waals surface area (Å²) in [4.78, 5) is 24.1. The zero-order valence-electron chi connectivity index (χ0n) is 16.5. The minimum Gasteiger partial charge on any atom is -0.452 e. The number of nitrogens with zero attached hydrogens (tertiary/aromatic N) is 1. The lowest BCUT2D eigenvalue weighted by Crippen LogP contribution is -2.27. The molecule has 1 aliphatic rings. The fourth-order valence-corrected chi connectivity index (χ4v) is 4.81. The Morgan fingerprint density at radius 1 is 1.06 bits per heavy atom. The Labute approximate surface area is 187 Å². The van der Waals surface area contributed by atoms with Gasteiger partial charge in [0, 0.05) is 18.8 Å². The van der Waals surface area contributed by atoms with Gasteiger partial charge >= 0.3 is 12.1 Å². The van der Waals surface area contributed by atoms with E-state index in [4.69, 9.17) is 16.3 Å². The van der Waals surface area contributed by atoms with E-state index in [2.05, 4.69) is 5.32 Å². The van der Waals surface area contributed by atoms with Crippen LogP contribution in [0.4, 0.5) is 18.9 Å². The number of hydrogen-bond acceptors (Lipinski definition) is 5. The first-order valence-corrected chi connectivity index (χ1v) is 11.2. The summed E-state index contributed by atoms with van der Waals surface area (Å²) in [5.74, 6) is -1.75. The second-order valence-electron chi connectivity index (χ2n) is 6.95. The van der Waals surface area contributed by atoms with Crippen molar-refractivity contribution in [3.8, 4) is 0 Å². The summed E-state index contributed by atoms with van der Waals surface area (Å²) < 4.78 is 69.9. The van der Waals surface area contributed by atoms with Crippen LogP contribution in [-0.2, 0) is 25.7 Å². The Kier molecular flexibility index (Phi) is 7.11. The van der Waals surface area contributed by atoms with Gasteiger partial charge in [0.15, 0.2) is 6.61 Å². The van der Waals surface area contributed by atoms with Crippen LogP contribution in [0, 0.1) is 0 Å². The molecule has 1 N–H and O–H groups in total. The summed E-state index contributed by atoms with van der Waals surface area (Å²) in [7, 11) is -3.63. The van der Waals surface area contributed by atoms with Crippen LogP contribution < -0.4 is 5.32 Å². The number of hydrogen-bond donors (Lipinski definition) is 1. The standard InChI is InChI=1S/C20H18ClF3N2O5S/c21-17-8-5-14(11-16(17)20(22,23)24)25-18(27)12-31-19(28)13-3-6-15(7-4-13)32(29,30)26-9-1-2-10-26/h3-8,11H,1-2,9-10,12H2,(H,25,27). The van der Waals surface area contributed by atoms with E-state index in [-0.39, 0.29) is 16.1 Å². The maximum Gasteiger partial charge on any atom is 0.417 e. The average Bonchev–Trinajstić information content (AvgIpc) is 3.28. The van der Waals surface area contributed by atoms with Crippen molar-refractivity contribution < 1.29 is 35.9 Å². The number of alkyl halides is 3. The van der Waals surface area contributed by atoms with Gasteiger partial charge < -0.3 is 10.1 Å². The molecular formula is C20H18ClF3N2O5S. The average molecular weight is 491 g/mol. The van der Waals surface area contributed by atoms with E-state index in [1.807, 2.05) is 0 Å². The molecule has 172 valence electrons. The lowest BCUT2D eigenvalue weighted by Gasteiger charge is -2.15. The monoisotopic (exact) mass is 490 g/mol. The maximum atomic E-state index is 12.9. The van der Waals surface area contributed by atoms with Gasteiger partial charge in [0.1, 0.15) is 0 Å². The quantitative estimate of drug-likeness (QED) is 0.619. The molecule has 0 saturated carbocycles. The van der Waals surface area contributed by atoms with Crippen LogP contribution in [0.1, 0.15) is 28.8 Å². The smallest absolute Gasteiger partial charge is 0.417 e. The molecule has 7 nitrogen and oxygen atoms in total. The highest BCUT2D eigenvalue weighted by Crippen LogP contribution is 2.36. The lowest BCUT2D eigenvalue weighted by molar-refractivity contribution is -0.137. The van der Waals surface area contributed by atoms with E-state index in [0.29, 0.717) is 19.2 Å². The zero-order chi connectivity index (χ0) is 23.5. The molecule has 2 aromatic rings. The van der Waals surface area contributed by atoms with Gasteiger partial charge in [0.2, 0.25) is 10.0 Å². The molecule has 3 rings (SSSR count). The third-order valence-corrected chi connectivity index (χ3v) is 6.93. The number of rotatable bonds is 6. The van der Waals surface area contributed by atoms with Gasteiger partial charge in [-0.15, -0.1) is 0 Å². The highest BCUT2D eigenvalue weighted by molar-refractivity contribution is 7.89. The Hall–Kier alpha value is -2.63. The third-order valence-electron chi connectivity index (χ3n) is 4.68. The molecule has 1 heterocycles. The number of halogens is 4. The fraction of sp³-hybridized carbons (Fsp3) is 0.300. The molecule has 0 aliphatic carbocycles. The van der Waals surface area contributed by atoms with Gasteiger partial charge in [0.25, 0.3) is 5.91 Å². The van der Waals surface area contributed by atoms with Crippen molar-refractivity contribution in [1.82, 2.24) is 4.31 Å². The lowest BCUT2D eigenvalue weighted by atomic mass is 10.2. The fourth-order valence-electron chi connectivity index (χ4n) is 3.07. The molecule has 2 aromatic carbocycles. The highest BCUT2D eigenvalue weighted by atomic mass is 35.5. The van der Waals surface area contributed by atoms with Gasteiger partial charge in [-0.3, -0.25) is 4.79 Å². The summed E-state index contributed by atoms with van der Waals surface area (Å²) in [6, 6.07) is 7.91. The minimum atomic E-state index is -4.70. The number of sulfonamides is 1. The molecule has 0 spiro atoms. The summed E-state index contributed by atoms with van der Waals surface area (Å²) in [5.41, 5.74) is -1.26. The summed E-state index contributed by atoms with van der Waals surface area (Å²) >= 11 is 5.52. The van der Waals surface area contributed by atoms with Gasteiger partial charge in [-0.1, -0.05) is 11.6 Å². The molecule has 32 heavy (non-hydrogen) atoms. The predicted molar refractivity (Wildman–Crippen MR) is 110 cm³/mol. The number of amides is 1. The summed E-state index contributed by atoms with van der Waals surface area (Å²) in [5, 5.41) is 1.67. The number of esters is 1. The number of carbonyl (C=O) groups is 2. The van der Waals surface area contributed by atoms with Crippen LogP contribution in [0.2, 0.25) is 5.02 Å². The minimum absolute atomic E-state index is 0.0176. The van der Waals surface area contributed by atoms with Crippen LogP contribution in [-0.4, -0.2) is 44.3 Å². The molecule has 1 amide bonds. The highest BCUT2D eigenvalue weighted by Gasteiger charge is 2.33. The maximum absolute atomic E-state index is 12.9. The second-order valence-corrected chi connectivity index (χ2v) is 9.30. The number of anilines is 1. The Balaban J connectivity index is 1.58. The topological polar surface area (TPSA) is 92.8 Å². The normalized spacial score (nSPS) is 14.9. The Morgan fingerprint density at radius 2 is 1.69 bits per heavy atom. The van der Waals surface area contributed by atoms with Crippen LogP contribution in [0.5, 0.6) is 0 Å². The van der Waals surface area contributed by atoms with Crippen LogP contribution >= 0.6 is 11.6 Å². The second kappa shape index (κ2) is 9.47. The largest absolute Gasteiger partial charge is 0.452 e. The van der Waals surface area contributed by atoms with Crippen molar-refractivity contribution in [2.24, 2.45) is 0 Å². The van der Waals surface area contributed by atoms with E-state index in [0.717, 1.165) is 18.9 Å². The van der Waals surface area contributed by atoms with Crippen molar-refractivity contribution in [3.63, 3.8) is 0 Å². The molecule has 0 radical (unpaired) electrons. The molecular weight excluding hydrogens is 473 g/mol. The van der Waals surface area contributed by atoms with Crippen molar-refractivity contribution in [2.45, 2.75) is 23.9 Å². The summed E-state index contributed by atoms with van der Waals surface area (Å²) in [6.45, 7) is 0.134. The molecule has 0 unspecified atom stereocenters. The van der Waals surface area contributed by atoms with Gasteiger partial charge in [-0.2, -0.15) is 17.5 Å². The molecule has 1 fully saturated rings. The Morgan fingerprint density at radius 3 is 2.28 bits per heavy atom. The van der Waals surface area contributed by atoms with Crippen LogP contribution in [0.15, 0.2) is 47.4 Å². The van der Waals surface area contributed by atoms with Crippen molar-refractivity contribution in [2.75, 3.05) is 25.0 Å². The van der Waals surface area contributed by atoms with Crippen LogP contribution in [0.3, 0.4) is 0 Å². The predicted octanol–water partition coefficient (Wildman–Crippen LogP) is 3.94. The number of carbonyl (C=O) groups excluding carboxylic acids is 2. The Bertz CT molecular complexity index is 1120. The number of nitrogens with one attached hydrogen (secondary N) is 1. The van der Waals surface area contributed by atoms with Gasteiger partial charge in [-0.05, 0) is 55.3 Å². The van der Waals surface area contributed by atoms with E-state index in [9.17, 15) is 31.2 Å². The van der Waals surface area contributed by atoms with Gasteiger partial charge in [-0.25, -0.2) is 13.2 Å². The van der Waals surface area contributed by atoms with Gasteiger partial charge in [0.05, 0.1) is 21.0 Å². The van der Waals surface area contributed by atoms with E-state index >= 15 is 0 Å². The summed E-state index contributed by atoms with van der Waals surface area (Å²) in [6.07, 6.45) is -3.11. The number of ether oxygens (including phenoxy) is 1. The first-order valence-electron chi connectivity index (χ1n) is 9.42. The molecule has 0 atom stereocenters. The first kappa shape index (κ1) is 24.0. The molecule has 0 aromatic heterocycles. The van der Waals surface area contributed by atoms with Crippen molar-refractivity contribution in [3.05, 3.63) is 58.6 Å². The van der Waals surface area contributed by atoms with E-state index in [1.54, 1.807) is 0 Å². The molecule has 0 bridgehead atoms. The molecule has 12 heteroatoms. The third kappa shape index (κ3) is 5.59. The number of benzene rings is 2. The molecule has 1 aliphatic heterocycles. The first-order chi connectivity index (χ1) is 15.0. The SMILES string of the molecule is O=C(COC(=O)c1ccc(S(=O)(=O)N2CCCC2)cc1)Nc1ccc(Cl)c(C(F)(F)F)c1.